The number of amides is 1. The van der Waals surface area contributed by atoms with Crippen molar-refractivity contribution in [3.05, 3.63) is 60.2 Å². The van der Waals surface area contributed by atoms with Crippen LogP contribution in [0.25, 0.3) is 16.6 Å². The number of fused-ring (bicyclic) bond motifs is 2. The summed E-state index contributed by atoms with van der Waals surface area (Å²) in [6, 6.07) is 11.3. The molecule has 4 aromatic rings. The molecular weight excluding hydrogens is 290 g/mol. The van der Waals surface area contributed by atoms with Crippen molar-refractivity contribution in [1.82, 2.24) is 19.6 Å². The van der Waals surface area contributed by atoms with Gasteiger partial charge in [-0.3, -0.25) is 14.3 Å². The number of hydrogen-bond acceptors (Lipinski definition) is 3. The molecule has 1 aromatic carbocycles. The SMILES string of the molecule is CCc1[nH]nc2cccc(NC(=O)c3cnc4ccccn34)c12. The smallest absolute Gasteiger partial charge is 0.274 e. The van der Waals surface area contributed by atoms with Gasteiger partial charge < -0.3 is 5.32 Å². The Morgan fingerprint density at radius 1 is 1.26 bits per heavy atom. The lowest BCUT2D eigenvalue weighted by molar-refractivity contribution is 0.102. The quantitative estimate of drug-likeness (QED) is 0.611. The number of aromatic nitrogens is 4. The van der Waals surface area contributed by atoms with Crippen molar-refractivity contribution in [3.63, 3.8) is 0 Å². The zero-order chi connectivity index (χ0) is 15.8. The fourth-order valence-corrected chi connectivity index (χ4v) is 2.78. The number of aromatic amines is 1. The number of nitrogens with zero attached hydrogens (tertiary/aromatic N) is 3. The van der Waals surface area contributed by atoms with Crippen LogP contribution in [-0.2, 0) is 6.42 Å². The third kappa shape index (κ3) is 2.15. The molecule has 0 aliphatic rings. The van der Waals surface area contributed by atoms with Crippen molar-refractivity contribution in [3.8, 4) is 0 Å². The number of hydrogen-bond donors (Lipinski definition) is 2. The lowest BCUT2D eigenvalue weighted by Gasteiger charge is -2.07. The fraction of sp³-hybridized carbons (Fsp3) is 0.118. The van der Waals surface area contributed by atoms with Crippen LogP contribution in [0.15, 0.2) is 48.8 Å². The first-order valence-corrected chi connectivity index (χ1v) is 7.47. The van der Waals surface area contributed by atoms with Gasteiger partial charge in [0.15, 0.2) is 0 Å². The minimum atomic E-state index is -0.195. The van der Waals surface area contributed by atoms with Gasteiger partial charge in [-0.1, -0.05) is 19.1 Å². The van der Waals surface area contributed by atoms with Gasteiger partial charge in [0.05, 0.1) is 17.4 Å². The number of rotatable bonds is 3. The van der Waals surface area contributed by atoms with Gasteiger partial charge in [-0.05, 0) is 30.7 Å². The van der Waals surface area contributed by atoms with Gasteiger partial charge in [-0.25, -0.2) is 4.98 Å². The number of anilines is 1. The van der Waals surface area contributed by atoms with Gasteiger partial charge in [0, 0.05) is 17.3 Å². The van der Waals surface area contributed by atoms with Crippen molar-refractivity contribution in [2.75, 3.05) is 5.32 Å². The Balaban J connectivity index is 1.76. The minimum Gasteiger partial charge on any atom is -0.320 e. The maximum Gasteiger partial charge on any atom is 0.274 e. The van der Waals surface area contributed by atoms with Gasteiger partial charge in [-0.2, -0.15) is 5.10 Å². The highest BCUT2D eigenvalue weighted by Gasteiger charge is 2.15. The molecule has 0 fully saturated rings. The van der Waals surface area contributed by atoms with E-state index in [1.807, 2.05) is 42.6 Å². The molecule has 0 unspecified atom stereocenters. The van der Waals surface area contributed by atoms with Gasteiger partial charge in [0.25, 0.3) is 5.91 Å². The number of carbonyl (C=O) groups excluding carboxylic acids is 1. The first kappa shape index (κ1) is 13.5. The van der Waals surface area contributed by atoms with Crippen LogP contribution in [0.3, 0.4) is 0 Å². The second kappa shape index (κ2) is 5.24. The summed E-state index contributed by atoms with van der Waals surface area (Å²) in [5.74, 6) is -0.195. The zero-order valence-electron chi connectivity index (χ0n) is 12.6. The summed E-state index contributed by atoms with van der Waals surface area (Å²) >= 11 is 0. The molecule has 114 valence electrons. The van der Waals surface area contributed by atoms with Gasteiger partial charge >= 0.3 is 0 Å². The van der Waals surface area contributed by atoms with Crippen LogP contribution in [0.5, 0.6) is 0 Å². The standard InChI is InChI=1S/C17H15N5O/c1-2-11-16-12(6-5-7-13(16)21-20-11)19-17(23)14-10-18-15-8-3-4-9-22(14)15/h3-10H,2H2,1H3,(H,19,23)(H,20,21). The van der Waals surface area contributed by atoms with Crippen LogP contribution in [0, 0.1) is 0 Å². The third-order valence-corrected chi connectivity index (χ3v) is 3.91. The van der Waals surface area contributed by atoms with Crippen LogP contribution in [0.4, 0.5) is 5.69 Å². The van der Waals surface area contributed by atoms with Crippen molar-refractivity contribution < 1.29 is 4.79 Å². The molecule has 6 heteroatoms. The van der Waals surface area contributed by atoms with Gasteiger partial charge in [0.1, 0.15) is 11.3 Å². The third-order valence-electron chi connectivity index (χ3n) is 3.91. The van der Waals surface area contributed by atoms with E-state index >= 15 is 0 Å². The molecule has 0 saturated heterocycles. The monoisotopic (exact) mass is 305 g/mol. The molecule has 0 bridgehead atoms. The average Bonchev–Trinajstić information content (AvgIpc) is 3.19. The molecule has 1 amide bonds. The van der Waals surface area contributed by atoms with Crippen LogP contribution in [0.2, 0.25) is 0 Å². The molecular formula is C17H15N5O. The minimum absolute atomic E-state index is 0.195. The van der Waals surface area contributed by atoms with Crippen molar-refractivity contribution in [2.45, 2.75) is 13.3 Å². The van der Waals surface area contributed by atoms with E-state index in [0.717, 1.165) is 34.4 Å². The first-order chi connectivity index (χ1) is 11.3. The molecule has 0 saturated carbocycles. The Bertz CT molecular complexity index is 1010. The highest BCUT2D eigenvalue weighted by Crippen LogP contribution is 2.26. The number of carbonyl (C=O) groups is 1. The average molecular weight is 305 g/mol. The van der Waals surface area contributed by atoms with Gasteiger partial charge in [-0.15, -0.1) is 0 Å². The van der Waals surface area contributed by atoms with Crippen LogP contribution in [0.1, 0.15) is 23.1 Å². The van der Waals surface area contributed by atoms with Gasteiger partial charge in [0.2, 0.25) is 0 Å². The maximum atomic E-state index is 12.7. The van der Waals surface area contributed by atoms with Crippen LogP contribution < -0.4 is 5.32 Å². The highest BCUT2D eigenvalue weighted by molar-refractivity contribution is 6.08. The number of benzene rings is 1. The first-order valence-electron chi connectivity index (χ1n) is 7.47. The second-order valence-electron chi connectivity index (χ2n) is 5.28. The van der Waals surface area contributed by atoms with E-state index in [2.05, 4.69) is 27.4 Å². The number of nitrogens with one attached hydrogen (secondary N) is 2. The van der Waals surface area contributed by atoms with Crippen molar-refractivity contribution in [2.24, 2.45) is 0 Å². The highest BCUT2D eigenvalue weighted by atomic mass is 16.1. The summed E-state index contributed by atoms with van der Waals surface area (Å²) in [5.41, 5.74) is 3.85. The summed E-state index contributed by atoms with van der Waals surface area (Å²) in [4.78, 5) is 16.9. The maximum absolute atomic E-state index is 12.7. The molecule has 3 aromatic heterocycles. The predicted molar refractivity (Wildman–Crippen MR) is 88.6 cm³/mol. The second-order valence-corrected chi connectivity index (χ2v) is 5.28. The summed E-state index contributed by atoms with van der Waals surface area (Å²) in [5, 5.41) is 11.2. The zero-order valence-corrected chi connectivity index (χ0v) is 12.6. The number of H-pyrrole nitrogens is 1. The van der Waals surface area contributed by atoms with E-state index in [4.69, 9.17) is 0 Å². The number of imidazole rings is 1. The molecule has 23 heavy (non-hydrogen) atoms. The Hall–Kier alpha value is -3.15. The van der Waals surface area contributed by atoms with E-state index < -0.39 is 0 Å². The van der Waals surface area contributed by atoms with E-state index in [0.29, 0.717) is 5.69 Å². The number of pyridine rings is 1. The lowest BCUT2D eigenvalue weighted by Crippen LogP contribution is -2.14. The Kier molecular flexibility index (Phi) is 3.08. The molecule has 0 atom stereocenters. The molecule has 0 aliphatic carbocycles. The van der Waals surface area contributed by atoms with E-state index in [9.17, 15) is 4.79 Å². The van der Waals surface area contributed by atoms with Crippen molar-refractivity contribution in [1.29, 1.82) is 0 Å². The molecule has 0 spiro atoms. The van der Waals surface area contributed by atoms with Crippen LogP contribution >= 0.6 is 0 Å². The van der Waals surface area contributed by atoms with E-state index in [-0.39, 0.29) is 5.91 Å². The van der Waals surface area contributed by atoms with Crippen LogP contribution in [-0.4, -0.2) is 25.5 Å². The summed E-state index contributed by atoms with van der Waals surface area (Å²) in [7, 11) is 0. The van der Waals surface area contributed by atoms with Crippen molar-refractivity contribution >= 4 is 28.1 Å². The largest absolute Gasteiger partial charge is 0.320 e. The molecule has 0 radical (unpaired) electrons. The normalized spacial score (nSPS) is 11.2. The fourth-order valence-electron chi connectivity index (χ4n) is 2.78. The van der Waals surface area contributed by atoms with E-state index in [1.165, 1.54) is 0 Å². The molecule has 3 heterocycles. The van der Waals surface area contributed by atoms with E-state index in [1.54, 1.807) is 10.6 Å². The molecule has 6 nitrogen and oxygen atoms in total. The number of aryl methyl sites for hydroxylation is 1. The lowest BCUT2D eigenvalue weighted by atomic mass is 10.1. The summed E-state index contributed by atoms with van der Waals surface area (Å²) in [6.07, 6.45) is 4.23. The Morgan fingerprint density at radius 3 is 3.04 bits per heavy atom. The molecule has 0 aliphatic heterocycles. The summed E-state index contributed by atoms with van der Waals surface area (Å²) in [6.45, 7) is 2.05. The predicted octanol–water partition coefficient (Wildman–Crippen LogP) is 3.03. The Labute approximate surface area is 132 Å². The molecule has 2 N–H and O–H groups in total. The Morgan fingerprint density at radius 2 is 2.17 bits per heavy atom. The summed E-state index contributed by atoms with van der Waals surface area (Å²) < 4.78 is 1.77. The molecule has 4 rings (SSSR count). The topological polar surface area (TPSA) is 75.1 Å².